The van der Waals surface area contributed by atoms with E-state index in [1.54, 1.807) is 0 Å². The van der Waals surface area contributed by atoms with Crippen molar-refractivity contribution >= 4 is 11.9 Å². The SMILES string of the molecule is CC1(C)C(NCCCN2C(=O)NC3(CCCCC3)C2=O)[C@@H]2CCO[C@@H]21. The van der Waals surface area contributed by atoms with Gasteiger partial charge in [-0.25, -0.2) is 4.79 Å². The first kappa shape index (κ1) is 17.3. The van der Waals surface area contributed by atoms with Crippen molar-refractivity contribution in [3.8, 4) is 0 Å². The first-order valence-corrected chi connectivity index (χ1v) is 9.95. The molecule has 0 aromatic rings. The number of hydrogen-bond donors (Lipinski definition) is 2. The van der Waals surface area contributed by atoms with Crippen LogP contribution in [0.4, 0.5) is 4.79 Å². The molecular weight excluding hydrogens is 318 g/mol. The lowest BCUT2D eigenvalue weighted by atomic mass is 9.57. The number of carbonyl (C=O) groups is 2. The zero-order valence-corrected chi connectivity index (χ0v) is 15.5. The van der Waals surface area contributed by atoms with Crippen molar-refractivity contribution in [3.63, 3.8) is 0 Å². The molecule has 2 heterocycles. The summed E-state index contributed by atoms with van der Waals surface area (Å²) in [5.41, 5.74) is -0.415. The molecule has 0 bridgehead atoms. The Kier molecular flexibility index (Phi) is 4.31. The minimum absolute atomic E-state index is 0.00503. The number of ether oxygens (including phenoxy) is 1. The standard InChI is InChI=1S/C19H31N3O3/c1-18(2)14(13-7-12-25-15(13)18)20-10-6-11-22-16(23)19(21-17(22)24)8-4-3-5-9-19/h13-15,20H,3-12H2,1-2H3,(H,21,24)/t13-,14?,15-/m0/s1. The summed E-state index contributed by atoms with van der Waals surface area (Å²) in [7, 11) is 0. The predicted octanol–water partition coefficient (Wildman–Crippen LogP) is 2.03. The highest BCUT2D eigenvalue weighted by Gasteiger charge is 2.59. The molecule has 25 heavy (non-hydrogen) atoms. The lowest BCUT2D eigenvalue weighted by molar-refractivity contribution is -0.132. The molecule has 4 fully saturated rings. The van der Waals surface area contributed by atoms with Gasteiger partial charge in [-0.15, -0.1) is 0 Å². The van der Waals surface area contributed by atoms with Crippen LogP contribution in [0.15, 0.2) is 0 Å². The van der Waals surface area contributed by atoms with Crippen LogP contribution in [-0.4, -0.2) is 54.2 Å². The third kappa shape index (κ3) is 2.69. The van der Waals surface area contributed by atoms with Gasteiger partial charge in [0.25, 0.3) is 5.91 Å². The first-order valence-electron chi connectivity index (χ1n) is 9.95. The first-order chi connectivity index (χ1) is 12.0. The van der Waals surface area contributed by atoms with Crippen molar-refractivity contribution in [3.05, 3.63) is 0 Å². The van der Waals surface area contributed by atoms with Crippen molar-refractivity contribution in [2.24, 2.45) is 11.3 Å². The van der Waals surface area contributed by atoms with Crippen LogP contribution < -0.4 is 10.6 Å². The second kappa shape index (κ2) is 6.23. The molecule has 2 saturated heterocycles. The Morgan fingerprint density at radius 2 is 2.00 bits per heavy atom. The lowest BCUT2D eigenvalue weighted by Gasteiger charge is -2.55. The molecule has 6 heteroatoms. The second-order valence-electron chi connectivity index (χ2n) is 8.88. The van der Waals surface area contributed by atoms with E-state index in [0.29, 0.717) is 24.6 Å². The molecule has 2 aliphatic carbocycles. The maximum absolute atomic E-state index is 12.7. The van der Waals surface area contributed by atoms with Crippen LogP contribution in [0.3, 0.4) is 0 Å². The topological polar surface area (TPSA) is 70.7 Å². The van der Waals surface area contributed by atoms with E-state index < -0.39 is 5.54 Å². The van der Waals surface area contributed by atoms with Gasteiger partial charge in [0.1, 0.15) is 5.54 Å². The normalized spacial score (nSPS) is 35.6. The van der Waals surface area contributed by atoms with E-state index in [0.717, 1.165) is 58.1 Å². The molecule has 6 nitrogen and oxygen atoms in total. The van der Waals surface area contributed by atoms with Crippen molar-refractivity contribution < 1.29 is 14.3 Å². The molecule has 0 aromatic carbocycles. The highest BCUT2D eigenvalue weighted by atomic mass is 16.5. The molecule has 140 valence electrons. The highest BCUT2D eigenvalue weighted by molar-refractivity contribution is 6.07. The van der Waals surface area contributed by atoms with Crippen LogP contribution in [0, 0.1) is 11.3 Å². The number of urea groups is 1. The Morgan fingerprint density at radius 1 is 1.24 bits per heavy atom. The number of imide groups is 1. The Labute approximate surface area is 150 Å². The minimum Gasteiger partial charge on any atom is -0.377 e. The van der Waals surface area contributed by atoms with Gasteiger partial charge in [-0.1, -0.05) is 33.1 Å². The summed E-state index contributed by atoms with van der Waals surface area (Å²) >= 11 is 0. The van der Waals surface area contributed by atoms with E-state index in [2.05, 4.69) is 24.5 Å². The van der Waals surface area contributed by atoms with E-state index in [4.69, 9.17) is 4.74 Å². The van der Waals surface area contributed by atoms with Crippen LogP contribution in [0.2, 0.25) is 0 Å². The van der Waals surface area contributed by atoms with Gasteiger partial charge in [0.05, 0.1) is 6.10 Å². The Balaban J connectivity index is 1.26. The van der Waals surface area contributed by atoms with E-state index >= 15 is 0 Å². The van der Waals surface area contributed by atoms with Crippen molar-refractivity contribution in [1.82, 2.24) is 15.5 Å². The molecule has 2 saturated carbocycles. The van der Waals surface area contributed by atoms with Gasteiger partial charge in [-0.05, 0) is 32.2 Å². The maximum Gasteiger partial charge on any atom is 0.325 e. The van der Waals surface area contributed by atoms with Gasteiger partial charge in [-0.2, -0.15) is 0 Å². The fourth-order valence-corrected chi connectivity index (χ4v) is 5.61. The number of amides is 3. The average molecular weight is 349 g/mol. The van der Waals surface area contributed by atoms with Gasteiger partial charge in [-0.3, -0.25) is 9.69 Å². The molecule has 1 unspecified atom stereocenters. The Bertz CT molecular complexity index is 556. The zero-order valence-electron chi connectivity index (χ0n) is 15.5. The molecule has 2 aliphatic heterocycles. The van der Waals surface area contributed by atoms with Gasteiger partial charge in [0.15, 0.2) is 0 Å². The average Bonchev–Trinajstić information content (AvgIpc) is 3.12. The van der Waals surface area contributed by atoms with Crippen LogP contribution in [0.1, 0.15) is 58.8 Å². The Morgan fingerprint density at radius 3 is 2.76 bits per heavy atom. The van der Waals surface area contributed by atoms with Crippen molar-refractivity contribution in [2.75, 3.05) is 19.7 Å². The quantitative estimate of drug-likeness (QED) is 0.589. The monoisotopic (exact) mass is 349 g/mol. The molecule has 4 aliphatic rings. The smallest absolute Gasteiger partial charge is 0.325 e. The number of fused-ring (bicyclic) bond motifs is 1. The number of rotatable bonds is 5. The summed E-state index contributed by atoms with van der Waals surface area (Å²) in [5.74, 6) is 0.627. The number of nitrogens with zero attached hydrogens (tertiary/aromatic N) is 1. The summed E-state index contributed by atoms with van der Waals surface area (Å²) < 4.78 is 5.83. The Hall–Kier alpha value is -1.14. The van der Waals surface area contributed by atoms with Crippen LogP contribution >= 0.6 is 0 Å². The number of hydrogen-bond acceptors (Lipinski definition) is 4. The lowest BCUT2D eigenvalue weighted by Crippen LogP contribution is -2.65. The van der Waals surface area contributed by atoms with Crippen molar-refractivity contribution in [2.45, 2.75) is 76.5 Å². The third-order valence-corrected chi connectivity index (χ3v) is 6.98. The molecule has 2 N–H and O–H groups in total. The van der Waals surface area contributed by atoms with Gasteiger partial charge in [0.2, 0.25) is 0 Å². The van der Waals surface area contributed by atoms with E-state index in [9.17, 15) is 9.59 Å². The van der Waals surface area contributed by atoms with Crippen LogP contribution in [0.25, 0.3) is 0 Å². The summed E-state index contributed by atoms with van der Waals surface area (Å²) in [5, 5.41) is 6.64. The second-order valence-corrected chi connectivity index (χ2v) is 8.88. The fraction of sp³-hybridized carbons (Fsp3) is 0.895. The summed E-state index contributed by atoms with van der Waals surface area (Å²) in [6.45, 7) is 6.75. The van der Waals surface area contributed by atoms with Gasteiger partial charge in [0, 0.05) is 30.5 Å². The maximum atomic E-state index is 12.7. The zero-order chi connectivity index (χ0) is 17.7. The molecular formula is C19H31N3O3. The van der Waals surface area contributed by atoms with Crippen molar-refractivity contribution in [1.29, 1.82) is 0 Å². The van der Waals surface area contributed by atoms with Gasteiger partial charge < -0.3 is 15.4 Å². The molecule has 1 spiro atoms. The predicted molar refractivity (Wildman–Crippen MR) is 94.1 cm³/mol. The van der Waals surface area contributed by atoms with E-state index in [-0.39, 0.29) is 17.4 Å². The summed E-state index contributed by atoms with van der Waals surface area (Å²) in [6.07, 6.45) is 7.16. The molecule has 3 amide bonds. The molecule has 4 rings (SSSR count). The summed E-state index contributed by atoms with van der Waals surface area (Å²) in [6, 6.07) is 0.285. The van der Waals surface area contributed by atoms with Crippen LogP contribution in [0.5, 0.6) is 0 Å². The van der Waals surface area contributed by atoms with E-state index in [1.807, 2.05) is 0 Å². The van der Waals surface area contributed by atoms with Gasteiger partial charge >= 0.3 is 6.03 Å². The van der Waals surface area contributed by atoms with E-state index in [1.165, 1.54) is 4.90 Å². The fourth-order valence-electron chi connectivity index (χ4n) is 5.61. The molecule has 0 radical (unpaired) electrons. The third-order valence-electron chi connectivity index (χ3n) is 6.98. The molecule has 0 aromatic heterocycles. The largest absolute Gasteiger partial charge is 0.377 e. The number of nitrogens with one attached hydrogen (secondary N) is 2. The van der Waals surface area contributed by atoms with Crippen LogP contribution in [-0.2, 0) is 9.53 Å². The number of carbonyl (C=O) groups excluding carboxylic acids is 2. The molecule has 3 atom stereocenters. The highest BCUT2D eigenvalue weighted by Crippen LogP contribution is 2.52. The minimum atomic E-state index is -0.590. The summed E-state index contributed by atoms with van der Waals surface area (Å²) in [4.78, 5) is 26.5.